The molecule has 0 unspecified atom stereocenters. The smallest absolute Gasteiger partial charge is 0.345 e. The summed E-state index contributed by atoms with van der Waals surface area (Å²) in [5.41, 5.74) is 1.12. The van der Waals surface area contributed by atoms with Crippen LogP contribution in [-0.2, 0) is 4.79 Å². The normalized spacial score (nSPS) is 10.8. The monoisotopic (exact) mass is 293 g/mol. The molecule has 0 saturated carbocycles. The van der Waals surface area contributed by atoms with E-state index in [4.69, 9.17) is 5.11 Å². The van der Waals surface area contributed by atoms with Crippen LogP contribution in [0.15, 0.2) is 29.7 Å². The van der Waals surface area contributed by atoms with Crippen molar-refractivity contribution >= 4 is 45.6 Å². The van der Waals surface area contributed by atoms with Gasteiger partial charge in [0.25, 0.3) is 0 Å². The van der Waals surface area contributed by atoms with Gasteiger partial charge in [-0.25, -0.2) is 4.79 Å². The molecule has 98 valence electrons. The Bertz CT molecular complexity index is 640. The maximum atomic E-state index is 11.7. The molecule has 0 saturated heterocycles. The molecule has 0 bridgehead atoms. The number of nitrogens with one attached hydrogen (secondary N) is 1. The van der Waals surface area contributed by atoms with Crippen molar-refractivity contribution in [1.29, 1.82) is 0 Å². The molecule has 2 N–H and O–H groups in total. The minimum absolute atomic E-state index is 0.202. The maximum absolute atomic E-state index is 11.7. The highest BCUT2D eigenvalue weighted by Crippen LogP contribution is 2.22. The van der Waals surface area contributed by atoms with Crippen LogP contribution in [0.5, 0.6) is 0 Å². The summed E-state index contributed by atoms with van der Waals surface area (Å²) in [6.07, 6.45) is 3.19. The fourth-order valence-corrected chi connectivity index (χ4v) is 2.96. The van der Waals surface area contributed by atoms with Crippen LogP contribution in [0, 0.1) is 6.92 Å². The second-order valence-corrected chi connectivity index (χ2v) is 5.79. The number of carboxylic acids is 1. The quantitative estimate of drug-likeness (QED) is 0.848. The minimum Gasteiger partial charge on any atom is -0.477 e. The first kappa shape index (κ1) is 13.5. The van der Waals surface area contributed by atoms with Crippen LogP contribution in [0.3, 0.4) is 0 Å². The van der Waals surface area contributed by atoms with E-state index in [-0.39, 0.29) is 10.8 Å². The van der Waals surface area contributed by atoms with Gasteiger partial charge in [0, 0.05) is 11.0 Å². The van der Waals surface area contributed by atoms with E-state index in [9.17, 15) is 9.59 Å². The zero-order chi connectivity index (χ0) is 13.8. The SMILES string of the molecule is Cc1ccsc1/C=C/C(=O)Nc1ccc(C(=O)O)s1. The van der Waals surface area contributed by atoms with Gasteiger partial charge < -0.3 is 10.4 Å². The van der Waals surface area contributed by atoms with Crippen molar-refractivity contribution in [3.8, 4) is 0 Å². The predicted molar refractivity (Wildman–Crippen MR) is 78.0 cm³/mol. The van der Waals surface area contributed by atoms with Crippen molar-refractivity contribution in [3.63, 3.8) is 0 Å². The van der Waals surface area contributed by atoms with E-state index in [1.54, 1.807) is 23.5 Å². The molecular formula is C13H11NO3S2. The second kappa shape index (κ2) is 5.81. The molecule has 19 heavy (non-hydrogen) atoms. The fraction of sp³-hybridized carbons (Fsp3) is 0.0769. The molecule has 2 rings (SSSR count). The number of hydrogen-bond acceptors (Lipinski definition) is 4. The van der Waals surface area contributed by atoms with Crippen LogP contribution in [0.4, 0.5) is 5.00 Å². The summed E-state index contributed by atoms with van der Waals surface area (Å²) in [5, 5.41) is 13.9. The number of carbonyl (C=O) groups excluding carboxylic acids is 1. The van der Waals surface area contributed by atoms with Crippen molar-refractivity contribution in [3.05, 3.63) is 45.0 Å². The number of thiophene rings is 2. The lowest BCUT2D eigenvalue weighted by Gasteiger charge is -1.96. The number of carboxylic acid groups (broad SMARTS) is 1. The average molecular weight is 293 g/mol. The Morgan fingerprint density at radius 3 is 2.68 bits per heavy atom. The van der Waals surface area contributed by atoms with Crippen molar-refractivity contribution in [2.24, 2.45) is 0 Å². The van der Waals surface area contributed by atoms with Gasteiger partial charge in [0.15, 0.2) is 0 Å². The molecule has 0 aliphatic rings. The summed E-state index contributed by atoms with van der Waals surface area (Å²) in [7, 11) is 0. The van der Waals surface area contributed by atoms with Crippen LogP contribution in [0.25, 0.3) is 6.08 Å². The topological polar surface area (TPSA) is 66.4 Å². The average Bonchev–Trinajstić information content (AvgIpc) is 2.96. The van der Waals surface area contributed by atoms with Gasteiger partial charge in [0.05, 0.1) is 5.00 Å². The molecule has 0 aliphatic heterocycles. The Labute approximate surface area is 118 Å². The van der Waals surface area contributed by atoms with Gasteiger partial charge in [-0.2, -0.15) is 0 Å². The molecule has 4 nitrogen and oxygen atoms in total. The van der Waals surface area contributed by atoms with Gasteiger partial charge in [-0.1, -0.05) is 0 Å². The lowest BCUT2D eigenvalue weighted by molar-refractivity contribution is -0.111. The van der Waals surface area contributed by atoms with E-state index in [2.05, 4.69) is 5.32 Å². The molecule has 1 amide bonds. The molecule has 0 radical (unpaired) electrons. The summed E-state index contributed by atoms with van der Waals surface area (Å²) >= 11 is 2.60. The number of rotatable bonds is 4. The standard InChI is InChI=1S/C13H11NO3S2/c1-8-6-7-18-9(8)2-4-11(15)14-12-5-3-10(19-12)13(16)17/h2-7H,1H3,(H,14,15)(H,16,17)/b4-2+. The highest BCUT2D eigenvalue weighted by Gasteiger charge is 2.07. The Balaban J connectivity index is 1.99. The highest BCUT2D eigenvalue weighted by molar-refractivity contribution is 7.18. The Morgan fingerprint density at radius 2 is 2.11 bits per heavy atom. The summed E-state index contributed by atoms with van der Waals surface area (Å²) in [4.78, 5) is 23.6. The van der Waals surface area contributed by atoms with Gasteiger partial charge in [-0.3, -0.25) is 4.79 Å². The molecular weight excluding hydrogens is 282 g/mol. The van der Waals surface area contributed by atoms with Crippen molar-refractivity contribution < 1.29 is 14.7 Å². The zero-order valence-corrected chi connectivity index (χ0v) is 11.7. The van der Waals surface area contributed by atoms with E-state index in [0.717, 1.165) is 21.8 Å². The van der Waals surface area contributed by atoms with Crippen molar-refractivity contribution in [1.82, 2.24) is 0 Å². The molecule has 0 fully saturated rings. The lowest BCUT2D eigenvalue weighted by Crippen LogP contribution is -2.05. The zero-order valence-electron chi connectivity index (χ0n) is 10.0. The number of aromatic carboxylic acids is 1. The number of carbonyl (C=O) groups is 2. The third-order valence-corrected chi connectivity index (χ3v) is 4.32. The molecule has 0 aliphatic carbocycles. The summed E-state index contributed by atoms with van der Waals surface area (Å²) in [5.74, 6) is -1.26. The first-order valence-corrected chi connectivity index (χ1v) is 7.12. The second-order valence-electron chi connectivity index (χ2n) is 3.76. The van der Waals surface area contributed by atoms with Crippen LogP contribution in [-0.4, -0.2) is 17.0 Å². The largest absolute Gasteiger partial charge is 0.477 e. The van der Waals surface area contributed by atoms with E-state index >= 15 is 0 Å². The fourth-order valence-electron chi connectivity index (χ4n) is 1.39. The van der Waals surface area contributed by atoms with Crippen LogP contribution in [0.1, 0.15) is 20.1 Å². The van der Waals surface area contributed by atoms with Crippen LogP contribution >= 0.6 is 22.7 Å². The van der Waals surface area contributed by atoms with Gasteiger partial charge >= 0.3 is 5.97 Å². The highest BCUT2D eigenvalue weighted by atomic mass is 32.1. The molecule has 2 heterocycles. The van der Waals surface area contributed by atoms with E-state index in [0.29, 0.717) is 5.00 Å². The number of amides is 1. The first-order valence-electron chi connectivity index (χ1n) is 5.42. The Kier molecular flexibility index (Phi) is 4.13. The van der Waals surface area contributed by atoms with Crippen LogP contribution in [0.2, 0.25) is 0 Å². The summed E-state index contributed by atoms with van der Waals surface area (Å²) in [6.45, 7) is 1.98. The van der Waals surface area contributed by atoms with Gasteiger partial charge in [0.2, 0.25) is 5.91 Å². The number of hydrogen-bond donors (Lipinski definition) is 2. The molecule has 2 aromatic heterocycles. The van der Waals surface area contributed by atoms with Crippen molar-refractivity contribution in [2.45, 2.75) is 6.92 Å². The summed E-state index contributed by atoms with van der Waals surface area (Å²) in [6, 6.07) is 5.03. The van der Waals surface area contributed by atoms with Gasteiger partial charge in [-0.15, -0.1) is 22.7 Å². The first-order chi connectivity index (χ1) is 9.06. The molecule has 0 aromatic carbocycles. The molecule has 0 atom stereocenters. The minimum atomic E-state index is -0.991. The van der Waals surface area contributed by atoms with E-state index in [1.807, 2.05) is 18.4 Å². The molecule has 0 spiro atoms. The molecule has 6 heteroatoms. The third-order valence-electron chi connectivity index (χ3n) is 2.35. The maximum Gasteiger partial charge on any atom is 0.345 e. The van der Waals surface area contributed by atoms with E-state index < -0.39 is 5.97 Å². The third kappa shape index (κ3) is 3.52. The Hall–Kier alpha value is -1.92. The van der Waals surface area contributed by atoms with E-state index in [1.165, 1.54) is 12.1 Å². The van der Waals surface area contributed by atoms with Crippen LogP contribution < -0.4 is 5.32 Å². The Morgan fingerprint density at radius 1 is 1.32 bits per heavy atom. The lowest BCUT2D eigenvalue weighted by atomic mass is 10.3. The van der Waals surface area contributed by atoms with Gasteiger partial charge in [-0.05, 0) is 42.1 Å². The van der Waals surface area contributed by atoms with Gasteiger partial charge in [0.1, 0.15) is 4.88 Å². The van der Waals surface area contributed by atoms with Crippen molar-refractivity contribution in [2.75, 3.05) is 5.32 Å². The predicted octanol–water partition coefficient (Wildman–Crippen LogP) is 3.47. The molecule has 2 aromatic rings. The number of aryl methyl sites for hydroxylation is 1. The summed E-state index contributed by atoms with van der Waals surface area (Å²) < 4.78 is 0. The number of anilines is 1.